The summed E-state index contributed by atoms with van der Waals surface area (Å²) in [5.41, 5.74) is 4.98. The third kappa shape index (κ3) is 6.54. The van der Waals surface area contributed by atoms with Crippen LogP contribution in [0, 0.1) is 0 Å². The maximum absolute atomic E-state index is 8.76. The average molecular weight is 177 g/mol. The Bertz CT molecular complexity index is 106. The molecule has 0 aliphatic heterocycles. The fraction of sp³-hybridized carbons (Fsp3) is 1.00. The summed E-state index contributed by atoms with van der Waals surface area (Å²) in [5.74, 6) is 0. The van der Waals surface area contributed by atoms with E-state index in [9.17, 15) is 0 Å². The zero-order chi connectivity index (χ0) is 9.45. The van der Waals surface area contributed by atoms with Gasteiger partial charge in [-0.3, -0.25) is 0 Å². The predicted octanol–water partition coefficient (Wildman–Crippen LogP) is -0.251. The monoisotopic (exact) mass is 177 g/mol. The topological polar surface area (TPSA) is 64.7 Å². The summed E-state index contributed by atoms with van der Waals surface area (Å²) < 4.78 is 10.2. The molecule has 0 aliphatic rings. The summed E-state index contributed by atoms with van der Waals surface area (Å²) in [7, 11) is 0. The van der Waals surface area contributed by atoms with Gasteiger partial charge in [-0.15, -0.1) is 0 Å². The highest BCUT2D eigenvalue weighted by atomic mass is 16.5. The lowest BCUT2D eigenvalue weighted by molar-refractivity contribution is 0.0216. The van der Waals surface area contributed by atoms with Gasteiger partial charge in [-0.05, 0) is 13.8 Å². The van der Waals surface area contributed by atoms with Gasteiger partial charge in [0.25, 0.3) is 0 Å². The highest BCUT2D eigenvalue weighted by Crippen LogP contribution is 1.97. The Morgan fingerprint density at radius 1 is 1.33 bits per heavy atom. The summed E-state index contributed by atoms with van der Waals surface area (Å²) in [5, 5.41) is 8.76. The van der Waals surface area contributed by atoms with Crippen molar-refractivity contribution in [1.29, 1.82) is 0 Å². The first-order chi connectivity index (χ1) is 5.62. The minimum atomic E-state index is -0.633. The fourth-order valence-electron chi connectivity index (χ4n) is 0.613. The maximum Gasteiger partial charge on any atom is 0.0701 e. The van der Waals surface area contributed by atoms with Crippen molar-refractivity contribution in [2.45, 2.75) is 19.4 Å². The molecule has 0 saturated carbocycles. The Kier molecular flexibility index (Phi) is 6.28. The van der Waals surface area contributed by atoms with Crippen LogP contribution in [0.2, 0.25) is 0 Å². The molecular weight excluding hydrogens is 158 g/mol. The van der Waals surface area contributed by atoms with Crippen molar-refractivity contribution < 1.29 is 14.6 Å². The van der Waals surface area contributed by atoms with E-state index < -0.39 is 5.54 Å². The molecule has 0 amide bonds. The molecule has 0 aromatic carbocycles. The largest absolute Gasteiger partial charge is 0.394 e. The van der Waals surface area contributed by atoms with Gasteiger partial charge in [0.05, 0.1) is 32.0 Å². The first-order valence-corrected chi connectivity index (χ1v) is 4.17. The molecule has 12 heavy (non-hydrogen) atoms. The standard InChI is InChI=1S/C8H19NO3/c1-3-11-4-5-12-7-8(2,9)6-10/h10H,3-7,9H2,1-2H3. The Morgan fingerprint density at radius 2 is 1.92 bits per heavy atom. The number of aliphatic hydroxyl groups excluding tert-OH is 1. The van der Waals surface area contributed by atoms with Crippen LogP contribution in [0.3, 0.4) is 0 Å². The molecule has 0 spiro atoms. The van der Waals surface area contributed by atoms with Gasteiger partial charge in [0, 0.05) is 6.61 Å². The van der Waals surface area contributed by atoms with E-state index in [1.54, 1.807) is 6.92 Å². The predicted molar refractivity (Wildman–Crippen MR) is 47.0 cm³/mol. The lowest BCUT2D eigenvalue weighted by Gasteiger charge is -2.21. The maximum atomic E-state index is 8.76. The van der Waals surface area contributed by atoms with Crippen LogP contribution in [0.15, 0.2) is 0 Å². The molecule has 3 N–H and O–H groups in total. The number of hydrogen-bond donors (Lipinski definition) is 2. The minimum absolute atomic E-state index is 0.0678. The molecule has 0 aromatic heterocycles. The second-order valence-electron chi connectivity index (χ2n) is 3.06. The zero-order valence-electron chi connectivity index (χ0n) is 7.88. The summed E-state index contributed by atoms with van der Waals surface area (Å²) in [6, 6.07) is 0. The summed E-state index contributed by atoms with van der Waals surface area (Å²) >= 11 is 0. The molecule has 1 atom stereocenters. The van der Waals surface area contributed by atoms with E-state index in [-0.39, 0.29) is 6.61 Å². The Hall–Kier alpha value is -0.160. The molecule has 1 unspecified atom stereocenters. The molecule has 0 bridgehead atoms. The molecule has 74 valence electrons. The van der Waals surface area contributed by atoms with Crippen LogP contribution in [0.4, 0.5) is 0 Å². The number of ether oxygens (including phenoxy) is 2. The molecule has 0 aromatic rings. The normalized spacial score (nSPS) is 16.0. The molecule has 0 fully saturated rings. The quantitative estimate of drug-likeness (QED) is 0.526. The first-order valence-electron chi connectivity index (χ1n) is 4.17. The smallest absolute Gasteiger partial charge is 0.0701 e. The van der Waals surface area contributed by atoms with Gasteiger partial charge in [0.2, 0.25) is 0 Å². The summed E-state index contributed by atoms with van der Waals surface area (Å²) in [6.45, 7) is 5.77. The molecule has 4 heteroatoms. The van der Waals surface area contributed by atoms with E-state index >= 15 is 0 Å². The van der Waals surface area contributed by atoms with Crippen LogP contribution < -0.4 is 5.73 Å². The second-order valence-corrected chi connectivity index (χ2v) is 3.06. The van der Waals surface area contributed by atoms with Crippen LogP contribution >= 0.6 is 0 Å². The Morgan fingerprint density at radius 3 is 2.42 bits per heavy atom. The van der Waals surface area contributed by atoms with Crippen molar-refractivity contribution >= 4 is 0 Å². The van der Waals surface area contributed by atoms with E-state index in [0.29, 0.717) is 26.4 Å². The van der Waals surface area contributed by atoms with Crippen molar-refractivity contribution in [2.24, 2.45) is 5.73 Å². The van der Waals surface area contributed by atoms with Gasteiger partial charge in [-0.25, -0.2) is 0 Å². The minimum Gasteiger partial charge on any atom is -0.394 e. The van der Waals surface area contributed by atoms with E-state index in [2.05, 4.69) is 0 Å². The van der Waals surface area contributed by atoms with Crippen molar-refractivity contribution in [3.8, 4) is 0 Å². The van der Waals surface area contributed by atoms with Crippen LogP contribution in [0.25, 0.3) is 0 Å². The van der Waals surface area contributed by atoms with Crippen molar-refractivity contribution in [2.75, 3.05) is 33.0 Å². The van der Waals surface area contributed by atoms with Crippen LogP contribution in [0.1, 0.15) is 13.8 Å². The highest BCUT2D eigenvalue weighted by Gasteiger charge is 2.16. The number of nitrogens with two attached hydrogens (primary N) is 1. The fourth-order valence-corrected chi connectivity index (χ4v) is 0.613. The molecule has 0 radical (unpaired) electrons. The number of aliphatic hydroxyl groups is 1. The molecule has 0 aliphatic carbocycles. The SMILES string of the molecule is CCOCCOCC(C)(N)CO. The van der Waals surface area contributed by atoms with E-state index in [0.717, 1.165) is 0 Å². The molecule has 4 nitrogen and oxygen atoms in total. The van der Waals surface area contributed by atoms with Gasteiger partial charge in [-0.1, -0.05) is 0 Å². The third-order valence-electron chi connectivity index (χ3n) is 1.37. The number of rotatable bonds is 7. The molecule has 0 heterocycles. The van der Waals surface area contributed by atoms with E-state index in [1.807, 2.05) is 6.92 Å². The molecule has 0 rings (SSSR count). The lowest BCUT2D eigenvalue weighted by Crippen LogP contribution is -2.45. The van der Waals surface area contributed by atoms with E-state index in [4.69, 9.17) is 20.3 Å². The van der Waals surface area contributed by atoms with Crippen LogP contribution in [0.5, 0.6) is 0 Å². The van der Waals surface area contributed by atoms with Crippen LogP contribution in [-0.4, -0.2) is 43.7 Å². The molecular formula is C8H19NO3. The van der Waals surface area contributed by atoms with Crippen molar-refractivity contribution in [3.05, 3.63) is 0 Å². The van der Waals surface area contributed by atoms with Crippen LogP contribution in [-0.2, 0) is 9.47 Å². The van der Waals surface area contributed by atoms with E-state index in [1.165, 1.54) is 0 Å². The summed E-state index contributed by atoms with van der Waals surface area (Å²) in [4.78, 5) is 0. The average Bonchev–Trinajstić information content (AvgIpc) is 2.04. The Labute approximate surface area is 73.7 Å². The van der Waals surface area contributed by atoms with Gasteiger partial charge in [0.15, 0.2) is 0 Å². The zero-order valence-corrected chi connectivity index (χ0v) is 7.88. The van der Waals surface area contributed by atoms with Crippen molar-refractivity contribution in [3.63, 3.8) is 0 Å². The van der Waals surface area contributed by atoms with Gasteiger partial charge in [0.1, 0.15) is 0 Å². The van der Waals surface area contributed by atoms with Gasteiger partial charge < -0.3 is 20.3 Å². The molecule has 0 saturated heterocycles. The highest BCUT2D eigenvalue weighted by molar-refractivity contribution is 4.76. The third-order valence-corrected chi connectivity index (χ3v) is 1.37. The first kappa shape index (κ1) is 11.8. The number of hydrogen-bond acceptors (Lipinski definition) is 4. The van der Waals surface area contributed by atoms with Gasteiger partial charge in [-0.2, -0.15) is 0 Å². The Balaban J connectivity index is 3.19. The van der Waals surface area contributed by atoms with Crippen molar-refractivity contribution in [1.82, 2.24) is 0 Å². The lowest BCUT2D eigenvalue weighted by atomic mass is 10.1. The second kappa shape index (κ2) is 6.37. The van der Waals surface area contributed by atoms with Gasteiger partial charge >= 0.3 is 0 Å². The summed E-state index contributed by atoms with van der Waals surface area (Å²) in [6.07, 6.45) is 0.